The number of hydrogen-bond acceptors (Lipinski definition) is 3. The first-order valence-corrected chi connectivity index (χ1v) is 8.26. The van der Waals surface area contributed by atoms with E-state index in [0.717, 1.165) is 16.9 Å². The van der Waals surface area contributed by atoms with Gasteiger partial charge < -0.3 is 4.74 Å². The Kier molecular flexibility index (Phi) is 7.09. The summed E-state index contributed by atoms with van der Waals surface area (Å²) in [5.74, 6) is 0.622. The molecule has 126 valence electrons. The Morgan fingerprint density at radius 1 is 1.17 bits per heavy atom. The Morgan fingerprint density at radius 3 is 2.58 bits per heavy atom. The van der Waals surface area contributed by atoms with E-state index in [1.807, 2.05) is 31.2 Å². The molecule has 2 aromatic carbocycles. The summed E-state index contributed by atoms with van der Waals surface area (Å²) in [5.41, 5.74) is 4.32. The molecule has 6 heteroatoms. The van der Waals surface area contributed by atoms with Gasteiger partial charge in [-0.25, -0.2) is 5.43 Å². The van der Waals surface area contributed by atoms with Crippen LogP contribution >= 0.6 is 23.2 Å². The zero-order chi connectivity index (χ0) is 17.4. The molecule has 0 aromatic heterocycles. The summed E-state index contributed by atoms with van der Waals surface area (Å²) in [4.78, 5) is 11.7. The maximum Gasteiger partial charge on any atom is 0.240 e. The van der Waals surface area contributed by atoms with Crippen molar-refractivity contribution in [2.24, 2.45) is 5.10 Å². The van der Waals surface area contributed by atoms with Crippen LogP contribution in [0.1, 0.15) is 24.0 Å². The molecule has 4 nitrogen and oxygen atoms in total. The molecule has 0 aliphatic heterocycles. The van der Waals surface area contributed by atoms with Gasteiger partial charge in [0.15, 0.2) is 0 Å². The molecular formula is C18H18Cl2N2O2. The lowest BCUT2D eigenvalue weighted by atomic mass is 10.2. The molecule has 0 unspecified atom stereocenters. The molecule has 0 fully saturated rings. The first-order valence-electron chi connectivity index (χ1n) is 7.51. The minimum atomic E-state index is -0.156. The average molecular weight is 365 g/mol. The fraction of sp³-hybridized carbons (Fsp3) is 0.222. The summed E-state index contributed by atoms with van der Waals surface area (Å²) in [7, 11) is 0. The van der Waals surface area contributed by atoms with Crippen molar-refractivity contribution in [2.75, 3.05) is 6.61 Å². The molecule has 0 saturated carbocycles. The van der Waals surface area contributed by atoms with E-state index < -0.39 is 0 Å². The van der Waals surface area contributed by atoms with Crippen LogP contribution in [0.4, 0.5) is 0 Å². The maximum atomic E-state index is 11.7. The standard InChI is InChI=1S/C18H18Cl2N2O2/c1-13-11-16(20)8-9-17(13)24-10-2-3-18(23)22-21-12-14-4-6-15(19)7-5-14/h4-9,11-12H,2-3,10H2,1H3,(H,22,23)/b21-12+. The zero-order valence-corrected chi connectivity index (χ0v) is 14.8. The summed E-state index contributed by atoms with van der Waals surface area (Å²) in [6.07, 6.45) is 2.51. The summed E-state index contributed by atoms with van der Waals surface area (Å²) in [6, 6.07) is 12.6. The first-order chi connectivity index (χ1) is 11.5. The number of carbonyl (C=O) groups excluding carboxylic acids is 1. The van der Waals surface area contributed by atoms with Gasteiger partial charge >= 0.3 is 0 Å². The average Bonchev–Trinajstić information content (AvgIpc) is 2.55. The SMILES string of the molecule is Cc1cc(Cl)ccc1OCCCC(=O)N/N=C/c1ccc(Cl)cc1. The fourth-order valence-electron chi connectivity index (χ4n) is 1.97. The quantitative estimate of drug-likeness (QED) is 0.443. The van der Waals surface area contributed by atoms with Crippen molar-refractivity contribution in [1.29, 1.82) is 0 Å². The monoisotopic (exact) mass is 364 g/mol. The number of amides is 1. The van der Waals surface area contributed by atoms with E-state index in [4.69, 9.17) is 27.9 Å². The van der Waals surface area contributed by atoms with Crippen molar-refractivity contribution < 1.29 is 9.53 Å². The van der Waals surface area contributed by atoms with Crippen LogP contribution in [-0.2, 0) is 4.79 Å². The highest BCUT2D eigenvalue weighted by Gasteiger charge is 2.02. The van der Waals surface area contributed by atoms with Gasteiger partial charge in [-0.1, -0.05) is 35.3 Å². The Balaban J connectivity index is 1.67. The number of hydrazone groups is 1. The Morgan fingerprint density at radius 2 is 1.88 bits per heavy atom. The zero-order valence-electron chi connectivity index (χ0n) is 13.3. The molecule has 0 heterocycles. The van der Waals surface area contributed by atoms with Crippen LogP contribution in [-0.4, -0.2) is 18.7 Å². The number of nitrogens with zero attached hydrogens (tertiary/aromatic N) is 1. The molecule has 0 atom stereocenters. The lowest BCUT2D eigenvalue weighted by Crippen LogP contribution is -2.18. The van der Waals surface area contributed by atoms with Crippen molar-refractivity contribution in [1.82, 2.24) is 5.43 Å². The van der Waals surface area contributed by atoms with Crippen LogP contribution in [0.3, 0.4) is 0 Å². The number of ether oxygens (including phenoxy) is 1. The number of halogens is 2. The predicted octanol–water partition coefficient (Wildman–Crippen LogP) is 4.61. The number of carbonyl (C=O) groups is 1. The normalized spacial score (nSPS) is 10.8. The van der Waals surface area contributed by atoms with Gasteiger partial charge in [0.25, 0.3) is 0 Å². The van der Waals surface area contributed by atoms with E-state index in [0.29, 0.717) is 29.5 Å². The van der Waals surface area contributed by atoms with Crippen molar-refractivity contribution in [3.05, 3.63) is 63.6 Å². The third-order valence-electron chi connectivity index (χ3n) is 3.22. The van der Waals surface area contributed by atoms with Crippen LogP contribution in [0.15, 0.2) is 47.6 Å². The van der Waals surface area contributed by atoms with E-state index in [-0.39, 0.29) is 5.91 Å². The van der Waals surface area contributed by atoms with Gasteiger partial charge in [0.1, 0.15) is 5.75 Å². The molecular weight excluding hydrogens is 347 g/mol. The van der Waals surface area contributed by atoms with E-state index in [1.54, 1.807) is 24.4 Å². The fourth-order valence-corrected chi connectivity index (χ4v) is 2.33. The molecule has 0 aliphatic carbocycles. The third-order valence-corrected chi connectivity index (χ3v) is 3.70. The molecule has 0 spiro atoms. The van der Waals surface area contributed by atoms with E-state index >= 15 is 0 Å². The third kappa shape index (κ3) is 6.22. The molecule has 0 aliphatic rings. The second kappa shape index (κ2) is 9.30. The van der Waals surface area contributed by atoms with Crippen LogP contribution in [0, 0.1) is 6.92 Å². The Hall–Kier alpha value is -2.04. The smallest absolute Gasteiger partial charge is 0.240 e. The Labute approximate surface area is 151 Å². The molecule has 24 heavy (non-hydrogen) atoms. The van der Waals surface area contributed by atoms with Gasteiger partial charge in [-0.05, 0) is 54.8 Å². The molecule has 1 amide bonds. The van der Waals surface area contributed by atoms with Crippen molar-refractivity contribution in [3.8, 4) is 5.75 Å². The molecule has 1 N–H and O–H groups in total. The van der Waals surface area contributed by atoms with Crippen molar-refractivity contribution in [2.45, 2.75) is 19.8 Å². The highest BCUT2D eigenvalue weighted by molar-refractivity contribution is 6.30. The number of benzene rings is 2. The maximum absolute atomic E-state index is 11.7. The summed E-state index contributed by atoms with van der Waals surface area (Å²) < 4.78 is 5.64. The van der Waals surface area contributed by atoms with Crippen molar-refractivity contribution in [3.63, 3.8) is 0 Å². The van der Waals surface area contributed by atoms with Crippen molar-refractivity contribution >= 4 is 35.3 Å². The topological polar surface area (TPSA) is 50.7 Å². The predicted molar refractivity (Wildman–Crippen MR) is 98.1 cm³/mol. The largest absolute Gasteiger partial charge is 0.493 e. The minimum absolute atomic E-state index is 0.156. The van der Waals surface area contributed by atoms with Crippen LogP contribution in [0.5, 0.6) is 5.75 Å². The van der Waals surface area contributed by atoms with E-state index in [1.165, 1.54) is 0 Å². The molecule has 0 radical (unpaired) electrons. The highest BCUT2D eigenvalue weighted by atomic mass is 35.5. The van der Waals surface area contributed by atoms with Crippen LogP contribution < -0.4 is 10.2 Å². The molecule has 0 saturated heterocycles. The lowest BCUT2D eigenvalue weighted by molar-refractivity contribution is -0.121. The van der Waals surface area contributed by atoms with Gasteiger partial charge in [-0.15, -0.1) is 0 Å². The van der Waals surface area contributed by atoms with Crippen LogP contribution in [0.2, 0.25) is 10.0 Å². The molecule has 2 aromatic rings. The number of aryl methyl sites for hydroxylation is 1. The highest BCUT2D eigenvalue weighted by Crippen LogP contribution is 2.21. The summed E-state index contributed by atoms with van der Waals surface area (Å²) in [6.45, 7) is 2.39. The van der Waals surface area contributed by atoms with Gasteiger partial charge in [0.05, 0.1) is 12.8 Å². The Bertz CT molecular complexity index is 715. The summed E-state index contributed by atoms with van der Waals surface area (Å²) in [5, 5.41) is 5.25. The van der Waals surface area contributed by atoms with Gasteiger partial charge in [0.2, 0.25) is 5.91 Å². The lowest BCUT2D eigenvalue weighted by Gasteiger charge is -2.08. The van der Waals surface area contributed by atoms with E-state index in [9.17, 15) is 4.79 Å². The van der Waals surface area contributed by atoms with E-state index in [2.05, 4.69) is 10.5 Å². The number of nitrogens with one attached hydrogen (secondary N) is 1. The second-order valence-corrected chi connectivity index (χ2v) is 6.08. The van der Waals surface area contributed by atoms with Gasteiger partial charge in [0, 0.05) is 16.5 Å². The van der Waals surface area contributed by atoms with Gasteiger partial charge in [-0.2, -0.15) is 5.10 Å². The van der Waals surface area contributed by atoms with Crippen LogP contribution in [0.25, 0.3) is 0 Å². The first kappa shape index (κ1) is 18.3. The number of rotatable bonds is 7. The van der Waals surface area contributed by atoms with Gasteiger partial charge in [-0.3, -0.25) is 4.79 Å². The summed E-state index contributed by atoms with van der Waals surface area (Å²) >= 11 is 11.7. The molecule has 2 rings (SSSR count). The second-order valence-electron chi connectivity index (χ2n) is 5.21. The molecule has 0 bridgehead atoms. The number of hydrogen-bond donors (Lipinski definition) is 1. The minimum Gasteiger partial charge on any atom is -0.493 e.